The summed E-state index contributed by atoms with van der Waals surface area (Å²) in [5.74, 6) is 1.25. The smallest absolute Gasteiger partial charge is 0.230 e. The highest BCUT2D eigenvalue weighted by molar-refractivity contribution is 7.99. The number of carbonyl (C=O) groups is 1. The molecule has 2 rings (SSSR count). The minimum atomic E-state index is 0.0489. The van der Waals surface area contributed by atoms with Crippen molar-refractivity contribution >= 4 is 17.7 Å². The Kier molecular flexibility index (Phi) is 6.44. The van der Waals surface area contributed by atoms with E-state index < -0.39 is 0 Å². The molecule has 1 N–H and O–H groups in total. The van der Waals surface area contributed by atoms with E-state index >= 15 is 0 Å². The molecule has 1 aromatic heterocycles. The predicted molar refractivity (Wildman–Crippen MR) is 96.7 cm³/mol. The molecule has 0 atom stereocenters. The lowest BCUT2D eigenvalue weighted by molar-refractivity contribution is -0.118. The summed E-state index contributed by atoms with van der Waals surface area (Å²) in [4.78, 5) is 11.9. The number of hydrogen-bond donors (Lipinski definition) is 1. The van der Waals surface area contributed by atoms with Gasteiger partial charge >= 0.3 is 0 Å². The third kappa shape index (κ3) is 4.87. The summed E-state index contributed by atoms with van der Waals surface area (Å²) in [6.45, 7) is 4.67. The Bertz CT molecular complexity index is 744. The van der Waals surface area contributed by atoms with Crippen molar-refractivity contribution in [1.29, 1.82) is 5.26 Å². The van der Waals surface area contributed by atoms with E-state index in [1.54, 1.807) is 23.9 Å². The van der Waals surface area contributed by atoms with Gasteiger partial charge in [-0.25, -0.2) is 0 Å². The van der Waals surface area contributed by atoms with E-state index in [-0.39, 0.29) is 5.91 Å². The van der Waals surface area contributed by atoms with Gasteiger partial charge in [0.1, 0.15) is 0 Å². The molecular weight excluding hydrogens is 320 g/mol. The second kappa shape index (κ2) is 8.55. The van der Waals surface area contributed by atoms with Crippen LogP contribution in [-0.2, 0) is 24.0 Å². The number of nitriles is 1. The lowest BCUT2D eigenvalue weighted by Crippen LogP contribution is -2.27. The van der Waals surface area contributed by atoms with Crippen molar-refractivity contribution in [2.24, 2.45) is 7.05 Å². The van der Waals surface area contributed by atoms with Crippen molar-refractivity contribution < 1.29 is 4.79 Å². The highest BCUT2D eigenvalue weighted by atomic mass is 32.2. The fourth-order valence-corrected chi connectivity index (χ4v) is 3.31. The van der Waals surface area contributed by atoms with Gasteiger partial charge in [-0.3, -0.25) is 9.48 Å². The summed E-state index contributed by atoms with van der Waals surface area (Å²) in [7, 11) is 1.93. The van der Waals surface area contributed by atoms with Crippen LogP contribution in [0.3, 0.4) is 0 Å². The van der Waals surface area contributed by atoms with Crippen LogP contribution in [0.1, 0.15) is 28.1 Å². The van der Waals surface area contributed by atoms with Crippen molar-refractivity contribution in [1.82, 2.24) is 15.1 Å². The second-order valence-electron chi connectivity index (χ2n) is 5.67. The second-order valence-corrected chi connectivity index (χ2v) is 6.66. The Morgan fingerprint density at radius 1 is 1.33 bits per heavy atom. The van der Waals surface area contributed by atoms with Gasteiger partial charge in [-0.05, 0) is 43.5 Å². The lowest BCUT2D eigenvalue weighted by Gasteiger charge is -2.06. The van der Waals surface area contributed by atoms with E-state index in [4.69, 9.17) is 5.26 Å². The van der Waals surface area contributed by atoms with Crippen LogP contribution < -0.4 is 5.32 Å². The molecule has 0 unspecified atom stereocenters. The molecule has 0 aliphatic heterocycles. The standard InChI is InChI=1S/C18H22N4OS/c1-13-17(14(2)22(3)21-13)8-9-20-18(23)12-24-11-16-6-4-15(10-19)5-7-16/h4-7H,8-9,11-12H2,1-3H3,(H,20,23). The third-order valence-corrected chi connectivity index (χ3v) is 4.94. The molecule has 0 bridgehead atoms. The number of aromatic nitrogens is 2. The summed E-state index contributed by atoms with van der Waals surface area (Å²) in [6.07, 6.45) is 0.803. The van der Waals surface area contributed by atoms with Crippen LogP contribution in [0.25, 0.3) is 0 Å². The van der Waals surface area contributed by atoms with E-state index in [1.807, 2.05) is 37.7 Å². The minimum absolute atomic E-state index is 0.0489. The number of amides is 1. The molecule has 24 heavy (non-hydrogen) atoms. The van der Waals surface area contributed by atoms with Gasteiger partial charge in [0.15, 0.2) is 0 Å². The van der Waals surface area contributed by atoms with Crippen LogP contribution in [0.4, 0.5) is 0 Å². The fourth-order valence-electron chi connectivity index (χ4n) is 2.49. The summed E-state index contributed by atoms with van der Waals surface area (Å²) in [5.41, 5.74) is 5.16. The summed E-state index contributed by atoms with van der Waals surface area (Å²) >= 11 is 1.57. The van der Waals surface area contributed by atoms with Crippen molar-refractivity contribution in [2.45, 2.75) is 26.0 Å². The van der Waals surface area contributed by atoms with Crippen molar-refractivity contribution in [3.8, 4) is 6.07 Å². The normalized spacial score (nSPS) is 10.4. The molecule has 1 heterocycles. The first-order chi connectivity index (χ1) is 11.5. The number of hydrogen-bond acceptors (Lipinski definition) is 4. The summed E-state index contributed by atoms with van der Waals surface area (Å²) in [6, 6.07) is 9.55. The molecule has 1 aromatic carbocycles. The van der Waals surface area contributed by atoms with Crippen LogP contribution in [0, 0.1) is 25.2 Å². The van der Waals surface area contributed by atoms with Gasteiger partial charge in [-0.15, -0.1) is 11.8 Å². The number of benzene rings is 1. The number of aryl methyl sites for hydroxylation is 2. The molecule has 0 aliphatic rings. The first-order valence-corrected chi connectivity index (χ1v) is 8.99. The molecule has 126 valence electrons. The average Bonchev–Trinajstić information content (AvgIpc) is 2.81. The minimum Gasteiger partial charge on any atom is -0.355 e. The van der Waals surface area contributed by atoms with Crippen molar-refractivity contribution in [3.05, 3.63) is 52.3 Å². The Labute approximate surface area is 147 Å². The summed E-state index contributed by atoms with van der Waals surface area (Å²) in [5, 5.41) is 16.1. The van der Waals surface area contributed by atoms with Gasteiger partial charge in [-0.1, -0.05) is 12.1 Å². The molecule has 0 saturated heterocycles. The molecule has 0 fully saturated rings. The van der Waals surface area contributed by atoms with Crippen LogP contribution in [0.5, 0.6) is 0 Å². The molecule has 0 spiro atoms. The lowest BCUT2D eigenvalue weighted by atomic mass is 10.1. The van der Waals surface area contributed by atoms with Gasteiger partial charge in [0.25, 0.3) is 0 Å². The van der Waals surface area contributed by atoms with Gasteiger partial charge in [-0.2, -0.15) is 10.4 Å². The maximum absolute atomic E-state index is 11.9. The van der Waals surface area contributed by atoms with E-state index in [0.29, 0.717) is 17.9 Å². The van der Waals surface area contributed by atoms with E-state index in [9.17, 15) is 4.79 Å². The highest BCUT2D eigenvalue weighted by Crippen LogP contribution is 2.13. The zero-order chi connectivity index (χ0) is 17.5. The number of nitrogens with zero attached hydrogens (tertiary/aromatic N) is 3. The Hall–Kier alpha value is -2.26. The zero-order valence-electron chi connectivity index (χ0n) is 14.3. The van der Waals surface area contributed by atoms with E-state index in [1.165, 1.54) is 5.56 Å². The Morgan fingerprint density at radius 3 is 2.62 bits per heavy atom. The monoisotopic (exact) mass is 342 g/mol. The molecule has 0 aliphatic carbocycles. The average molecular weight is 342 g/mol. The molecule has 0 saturated carbocycles. The molecule has 5 nitrogen and oxygen atoms in total. The quantitative estimate of drug-likeness (QED) is 0.839. The SMILES string of the molecule is Cc1nn(C)c(C)c1CCNC(=O)CSCc1ccc(C#N)cc1. The van der Waals surface area contributed by atoms with E-state index in [0.717, 1.165) is 29.1 Å². The van der Waals surface area contributed by atoms with E-state index in [2.05, 4.69) is 16.5 Å². The maximum atomic E-state index is 11.9. The first-order valence-electron chi connectivity index (χ1n) is 7.84. The van der Waals surface area contributed by atoms with Crippen molar-refractivity contribution in [2.75, 3.05) is 12.3 Å². The van der Waals surface area contributed by atoms with Crippen LogP contribution in [-0.4, -0.2) is 28.0 Å². The van der Waals surface area contributed by atoms with Crippen molar-refractivity contribution in [3.63, 3.8) is 0 Å². The fraction of sp³-hybridized carbons (Fsp3) is 0.389. The molecular formula is C18H22N4OS. The van der Waals surface area contributed by atoms with Crippen LogP contribution in [0.15, 0.2) is 24.3 Å². The van der Waals surface area contributed by atoms with Gasteiger partial charge in [0, 0.05) is 25.0 Å². The first kappa shape index (κ1) is 18.1. The maximum Gasteiger partial charge on any atom is 0.230 e. The number of thioether (sulfide) groups is 1. The summed E-state index contributed by atoms with van der Waals surface area (Å²) < 4.78 is 1.87. The van der Waals surface area contributed by atoms with Crippen LogP contribution >= 0.6 is 11.8 Å². The highest BCUT2D eigenvalue weighted by Gasteiger charge is 2.09. The zero-order valence-corrected chi connectivity index (χ0v) is 15.1. The largest absolute Gasteiger partial charge is 0.355 e. The third-order valence-electron chi connectivity index (χ3n) is 3.94. The van der Waals surface area contributed by atoms with Gasteiger partial charge < -0.3 is 5.32 Å². The number of rotatable bonds is 7. The number of carbonyl (C=O) groups excluding carboxylic acids is 1. The van der Waals surface area contributed by atoms with Gasteiger partial charge in [0.2, 0.25) is 5.91 Å². The molecule has 2 aromatic rings. The Morgan fingerprint density at radius 2 is 2.04 bits per heavy atom. The topological polar surface area (TPSA) is 70.7 Å². The number of nitrogens with one attached hydrogen (secondary N) is 1. The predicted octanol–water partition coefficient (Wildman–Crippen LogP) is 2.50. The molecule has 1 amide bonds. The Balaban J connectivity index is 1.69. The molecule has 0 radical (unpaired) electrons. The van der Waals surface area contributed by atoms with Gasteiger partial charge in [0.05, 0.1) is 23.1 Å². The van der Waals surface area contributed by atoms with Crippen LogP contribution in [0.2, 0.25) is 0 Å². The molecule has 6 heteroatoms.